The molecule has 0 saturated carbocycles. The minimum atomic E-state index is 0.118. The van der Waals surface area contributed by atoms with Crippen molar-refractivity contribution in [1.82, 2.24) is 29.5 Å². The number of nitrogens with one attached hydrogen (secondary N) is 1. The maximum absolute atomic E-state index is 13.1. The minimum absolute atomic E-state index is 0.118. The fourth-order valence-corrected chi connectivity index (χ4v) is 5.37. The number of nitrogens with zero attached hydrogens (tertiary/aromatic N) is 5. The third kappa shape index (κ3) is 5.32. The summed E-state index contributed by atoms with van der Waals surface area (Å²) in [6, 6.07) is 6.71. The number of piperazine rings is 2. The van der Waals surface area contributed by atoms with Crippen LogP contribution in [0.5, 0.6) is 0 Å². The number of ether oxygens (including phenoxy) is 1. The molecule has 9 nitrogen and oxygen atoms in total. The Labute approximate surface area is 207 Å². The lowest BCUT2D eigenvalue weighted by Gasteiger charge is -2.38. The zero-order valence-electron chi connectivity index (χ0n) is 21.0. The van der Waals surface area contributed by atoms with Crippen LogP contribution in [0.2, 0.25) is 0 Å². The first kappa shape index (κ1) is 24.1. The Morgan fingerprint density at radius 3 is 2.23 bits per heavy atom. The highest BCUT2D eigenvalue weighted by Crippen LogP contribution is 2.23. The van der Waals surface area contributed by atoms with Gasteiger partial charge in [0.15, 0.2) is 0 Å². The number of H-pyrrole nitrogens is 1. The van der Waals surface area contributed by atoms with Crippen molar-refractivity contribution in [1.29, 1.82) is 0 Å². The van der Waals surface area contributed by atoms with E-state index in [9.17, 15) is 9.59 Å². The molecule has 3 aliphatic heterocycles. The lowest BCUT2D eigenvalue weighted by atomic mass is 10.1. The lowest BCUT2D eigenvalue weighted by molar-refractivity contribution is 0.0373. The summed E-state index contributed by atoms with van der Waals surface area (Å²) in [4.78, 5) is 39.9. The number of urea groups is 1. The Kier molecular flexibility index (Phi) is 7.27. The summed E-state index contributed by atoms with van der Waals surface area (Å²) >= 11 is 0. The SMILES string of the molecule is CC(C)N1CCN(C(=O)c2ccc3c(CN4CCN(C(=O)N5CCOCC5)CC4)c[nH]c3c2)CC1. The second kappa shape index (κ2) is 10.6. The molecule has 3 saturated heterocycles. The van der Waals surface area contributed by atoms with Gasteiger partial charge < -0.3 is 24.4 Å². The maximum Gasteiger partial charge on any atom is 0.320 e. The molecule has 9 heteroatoms. The second-order valence-electron chi connectivity index (χ2n) is 10.1. The Balaban J connectivity index is 1.16. The zero-order valence-corrected chi connectivity index (χ0v) is 21.0. The molecule has 190 valence electrons. The van der Waals surface area contributed by atoms with E-state index in [1.807, 2.05) is 26.8 Å². The van der Waals surface area contributed by atoms with Crippen LogP contribution in [0.15, 0.2) is 24.4 Å². The number of morpholine rings is 1. The van der Waals surface area contributed by atoms with Gasteiger partial charge in [-0.2, -0.15) is 0 Å². The largest absolute Gasteiger partial charge is 0.378 e. The molecule has 0 atom stereocenters. The number of carbonyl (C=O) groups excluding carboxylic acids is 2. The van der Waals surface area contributed by atoms with E-state index in [0.717, 1.165) is 75.4 Å². The van der Waals surface area contributed by atoms with Gasteiger partial charge in [-0.05, 0) is 31.5 Å². The van der Waals surface area contributed by atoms with Gasteiger partial charge in [-0.25, -0.2) is 4.79 Å². The average molecular weight is 483 g/mol. The van der Waals surface area contributed by atoms with Crippen molar-refractivity contribution < 1.29 is 14.3 Å². The van der Waals surface area contributed by atoms with Gasteiger partial charge >= 0.3 is 6.03 Å². The highest BCUT2D eigenvalue weighted by molar-refractivity contribution is 5.98. The smallest absolute Gasteiger partial charge is 0.320 e. The maximum atomic E-state index is 13.1. The first-order chi connectivity index (χ1) is 17.0. The molecule has 4 heterocycles. The number of aromatic amines is 1. The predicted molar refractivity (Wildman–Crippen MR) is 136 cm³/mol. The summed E-state index contributed by atoms with van der Waals surface area (Å²) in [7, 11) is 0. The molecule has 3 amide bonds. The Morgan fingerprint density at radius 1 is 0.886 bits per heavy atom. The molecular formula is C26H38N6O3. The molecule has 1 N–H and O–H groups in total. The number of amides is 3. The molecule has 2 aromatic rings. The Bertz CT molecular complexity index is 1030. The van der Waals surface area contributed by atoms with E-state index in [-0.39, 0.29) is 11.9 Å². The fourth-order valence-electron chi connectivity index (χ4n) is 5.37. The van der Waals surface area contributed by atoms with Gasteiger partial charge in [0.05, 0.1) is 13.2 Å². The molecule has 3 aliphatic rings. The van der Waals surface area contributed by atoms with Gasteiger partial charge in [-0.3, -0.25) is 14.6 Å². The van der Waals surface area contributed by atoms with E-state index in [0.29, 0.717) is 32.3 Å². The van der Waals surface area contributed by atoms with Gasteiger partial charge in [-0.15, -0.1) is 0 Å². The summed E-state index contributed by atoms with van der Waals surface area (Å²) < 4.78 is 5.36. The third-order valence-electron chi connectivity index (χ3n) is 7.66. The topological polar surface area (TPSA) is 75.4 Å². The number of carbonyl (C=O) groups is 2. The van der Waals surface area contributed by atoms with E-state index in [1.165, 1.54) is 5.56 Å². The van der Waals surface area contributed by atoms with Crippen molar-refractivity contribution in [3.8, 4) is 0 Å². The minimum Gasteiger partial charge on any atom is -0.378 e. The molecule has 3 fully saturated rings. The van der Waals surface area contributed by atoms with Gasteiger partial charge in [0.1, 0.15) is 0 Å². The summed E-state index contributed by atoms with van der Waals surface area (Å²) in [6.45, 7) is 14.6. The normalized spacial score (nSPS) is 20.7. The van der Waals surface area contributed by atoms with Crippen LogP contribution in [0.25, 0.3) is 10.9 Å². The molecule has 5 rings (SSSR count). The molecule has 1 aromatic carbocycles. The Morgan fingerprint density at radius 2 is 1.54 bits per heavy atom. The molecular weight excluding hydrogens is 444 g/mol. The number of hydrogen-bond acceptors (Lipinski definition) is 5. The molecule has 35 heavy (non-hydrogen) atoms. The molecule has 0 radical (unpaired) electrons. The van der Waals surface area contributed by atoms with Crippen molar-refractivity contribution in [3.63, 3.8) is 0 Å². The fraction of sp³-hybridized carbons (Fsp3) is 0.615. The van der Waals surface area contributed by atoms with E-state index in [2.05, 4.69) is 40.9 Å². The van der Waals surface area contributed by atoms with Crippen LogP contribution in [0, 0.1) is 0 Å². The van der Waals surface area contributed by atoms with Crippen LogP contribution in [0.3, 0.4) is 0 Å². The number of aromatic nitrogens is 1. The van der Waals surface area contributed by atoms with Crippen molar-refractivity contribution >= 4 is 22.8 Å². The van der Waals surface area contributed by atoms with Gasteiger partial charge in [-0.1, -0.05) is 6.07 Å². The monoisotopic (exact) mass is 482 g/mol. The second-order valence-corrected chi connectivity index (χ2v) is 10.1. The van der Waals surface area contributed by atoms with Crippen LogP contribution in [0.1, 0.15) is 29.8 Å². The average Bonchev–Trinajstić information content (AvgIpc) is 3.30. The summed E-state index contributed by atoms with van der Waals surface area (Å²) in [5.41, 5.74) is 2.99. The highest BCUT2D eigenvalue weighted by atomic mass is 16.5. The van der Waals surface area contributed by atoms with Crippen molar-refractivity contribution in [2.75, 3.05) is 78.7 Å². The molecule has 1 aromatic heterocycles. The van der Waals surface area contributed by atoms with E-state index < -0.39 is 0 Å². The van der Waals surface area contributed by atoms with Crippen LogP contribution in [0.4, 0.5) is 4.79 Å². The lowest BCUT2D eigenvalue weighted by Crippen LogP contribution is -2.54. The molecule has 0 bridgehead atoms. The molecule has 0 unspecified atom stereocenters. The van der Waals surface area contributed by atoms with Gasteiger partial charge in [0.25, 0.3) is 5.91 Å². The first-order valence-electron chi connectivity index (χ1n) is 13.0. The van der Waals surface area contributed by atoms with Crippen LogP contribution >= 0.6 is 0 Å². The quantitative estimate of drug-likeness (QED) is 0.721. The number of hydrogen-bond donors (Lipinski definition) is 1. The highest BCUT2D eigenvalue weighted by Gasteiger charge is 2.27. The van der Waals surface area contributed by atoms with Crippen LogP contribution in [-0.4, -0.2) is 126 Å². The van der Waals surface area contributed by atoms with E-state index in [4.69, 9.17) is 4.74 Å². The Hall–Kier alpha value is -2.62. The van der Waals surface area contributed by atoms with Crippen LogP contribution < -0.4 is 0 Å². The van der Waals surface area contributed by atoms with E-state index in [1.54, 1.807) is 0 Å². The van der Waals surface area contributed by atoms with Crippen molar-refractivity contribution in [3.05, 3.63) is 35.5 Å². The van der Waals surface area contributed by atoms with Crippen LogP contribution in [-0.2, 0) is 11.3 Å². The van der Waals surface area contributed by atoms with Gasteiger partial charge in [0.2, 0.25) is 0 Å². The number of rotatable bonds is 4. The first-order valence-corrected chi connectivity index (χ1v) is 13.0. The summed E-state index contributed by atoms with van der Waals surface area (Å²) in [5.74, 6) is 0.118. The van der Waals surface area contributed by atoms with Crippen molar-refractivity contribution in [2.45, 2.75) is 26.4 Å². The van der Waals surface area contributed by atoms with Gasteiger partial charge in [0, 0.05) is 101 Å². The summed E-state index contributed by atoms with van der Waals surface area (Å²) in [6.07, 6.45) is 2.06. The summed E-state index contributed by atoms with van der Waals surface area (Å²) in [5, 5.41) is 1.16. The number of benzene rings is 1. The molecule has 0 aliphatic carbocycles. The number of fused-ring (bicyclic) bond motifs is 1. The third-order valence-corrected chi connectivity index (χ3v) is 7.66. The van der Waals surface area contributed by atoms with Crippen molar-refractivity contribution in [2.24, 2.45) is 0 Å². The predicted octanol–water partition coefficient (Wildman–Crippen LogP) is 1.90. The zero-order chi connectivity index (χ0) is 24.4. The molecule has 0 spiro atoms. The standard InChI is InChI=1S/C26H38N6O3/c1-20(2)29-9-11-30(12-10-29)25(33)21-3-4-23-22(18-27-24(23)17-21)19-28-5-7-31(8-6-28)26(34)32-13-15-35-16-14-32/h3-4,17-18,20,27H,5-16,19H2,1-2H3. The van der Waals surface area contributed by atoms with E-state index >= 15 is 0 Å².